The molecule has 0 aromatic carbocycles. The van der Waals surface area contributed by atoms with Crippen LogP contribution in [0.5, 0.6) is 0 Å². The molecule has 0 aromatic heterocycles. The predicted octanol–water partition coefficient (Wildman–Crippen LogP) is 5.35. The van der Waals surface area contributed by atoms with E-state index in [-0.39, 0.29) is 11.2 Å². The summed E-state index contributed by atoms with van der Waals surface area (Å²) in [6.45, 7) is 15.8. The normalized spacial score (nSPS) is 14.7. The smallest absolute Gasteiger partial charge is 0.0602 e. The second-order valence-corrected chi connectivity index (χ2v) is 7.45. The molecule has 0 bridgehead atoms. The summed E-state index contributed by atoms with van der Waals surface area (Å²) in [5, 5.41) is 0. The van der Waals surface area contributed by atoms with Crippen LogP contribution in [0.3, 0.4) is 0 Å². The minimum atomic E-state index is -0.0399. The molecule has 1 unspecified atom stereocenters. The maximum atomic E-state index is 6.16. The summed E-state index contributed by atoms with van der Waals surface area (Å²) in [7, 11) is 0. The fraction of sp³-hybridized carbons (Fsp3) is 1.00. The van der Waals surface area contributed by atoms with E-state index in [1.165, 1.54) is 25.7 Å². The van der Waals surface area contributed by atoms with Crippen molar-refractivity contribution < 1.29 is 9.47 Å². The fourth-order valence-electron chi connectivity index (χ4n) is 2.07. The maximum Gasteiger partial charge on any atom is 0.0602 e. The van der Waals surface area contributed by atoms with Gasteiger partial charge in [0.25, 0.3) is 0 Å². The first-order valence-corrected chi connectivity index (χ1v) is 7.96. The zero-order chi connectivity index (χ0) is 14.9. The summed E-state index contributed by atoms with van der Waals surface area (Å²) in [6.07, 6.45) is 7.62. The maximum absolute atomic E-state index is 6.16. The van der Waals surface area contributed by atoms with Gasteiger partial charge in [0.1, 0.15) is 0 Å². The largest absolute Gasteiger partial charge is 0.376 e. The standard InChI is InChI=1S/C17H36O2/c1-8-9-10-12-15(19-17(5,6)7)13-11-14-18-16(2,3)4/h15H,8-14H2,1-7H3. The van der Waals surface area contributed by atoms with E-state index in [0.717, 1.165) is 19.4 Å². The quantitative estimate of drug-likeness (QED) is 0.527. The average molecular weight is 272 g/mol. The molecule has 0 saturated heterocycles. The molecule has 0 aliphatic carbocycles. The van der Waals surface area contributed by atoms with Crippen LogP contribution in [-0.4, -0.2) is 23.9 Å². The van der Waals surface area contributed by atoms with E-state index in [1.54, 1.807) is 0 Å². The zero-order valence-electron chi connectivity index (χ0n) is 14.3. The van der Waals surface area contributed by atoms with E-state index < -0.39 is 0 Å². The molecule has 0 saturated carbocycles. The molecule has 0 fully saturated rings. The third-order valence-electron chi connectivity index (χ3n) is 2.86. The van der Waals surface area contributed by atoms with E-state index in [0.29, 0.717) is 6.10 Å². The van der Waals surface area contributed by atoms with Crippen molar-refractivity contribution in [1.29, 1.82) is 0 Å². The van der Waals surface area contributed by atoms with E-state index in [2.05, 4.69) is 48.5 Å². The lowest BCUT2D eigenvalue weighted by atomic mass is 10.0. The number of unbranched alkanes of at least 4 members (excludes halogenated alkanes) is 2. The highest BCUT2D eigenvalue weighted by atomic mass is 16.5. The van der Waals surface area contributed by atoms with Crippen LogP contribution >= 0.6 is 0 Å². The van der Waals surface area contributed by atoms with Gasteiger partial charge in [0.2, 0.25) is 0 Å². The Morgan fingerprint density at radius 3 is 1.84 bits per heavy atom. The molecular formula is C17H36O2. The summed E-state index contributed by atoms with van der Waals surface area (Å²) < 4.78 is 11.9. The first-order chi connectivity index (χ1) is 8.64. The molecule has 2 nitrogen and oxygen atoms in total. The third-order valence-corrected chi connectivity index (χ3v) is 2.86. The monoisotopic (exact) mass is 272 g/mol. The van der Waals surface area contributed by atoms with Gasteiger partial charge in [0.05, 0.1) is 17.3 Å². The first kappa shape index (κ1) is 18.9. The Labute approximate surface area is 121 Å². The van der Waals surface area contributed by atoms with Crippen LogP contribution < -0.4 is 0 Å². The minimum absolute atomic E-state index is 0.0252. The van der Waals surface area contributed by atoms with Crippen LogP contribution in [0.4, 0.5) is 0 Å². The minimum Gasteiger partial charge on any atom is -0.376 e. The Bertz CT molecular complexity index is 210. The van der Waals surface area contributed by atoms with Crippen LogP contribution in [0.15, 0.2) is 0 Å². The van der Waals surface area contributed by atoms with Crippen LogP contribution in [0.1, 0.15) is 87.0 Å². The van der Waals surface area contributed by atoms with Crippen molar-refractivity contribution in [3.05, 3.63) is 0 Å². The van der Waals surface area contributed by atoms with Gasteiger partial charge in [0, 0.05) is 6.61 Å². The molecule has 0 heterocycles. The highest BCUT2D eigenvalue weighted by molar-refractivity contribution is 4.67. The van der Waals surface area contributed by atoms with Crippen molar-refractivity contribution in [2.24, 2.45) is 0 Å². The average Bonchev–Trinajstić information content (AvgIpc) is 2.21. The fourth-order valence-corrected chi connectivity index (χ4v) is 2.07. The number of hydrogen-bond donors (Lipinski definition) is 0. The van der Waals surface area contributed by atoms with Crippen LogP contribution in [0.25, 0.3) is 0 Å². The lowest BCUT2D eigenvalue weighted by Gasteiger charge is -2.28. The summed E-state index contributed by atoms with van der Waals surface area (Å²) in [5.74, 6) is 0. The highest BCUT2D eigenvalue weighted by Gasteiger charge is 2.18. The van der Waals surface area contributed by atoms with Gasteiger partial charge in [-0.1, -0.05) is 26.2 Å². The van der Waals surface area contributed by atoms with E-state index in [4.69, 9.17) is 9.47 Å². The zero-order valence-corrected chi connectivity index (χ0v) is 14.3. The number of hydrogen-bond acceptors (Lipinski definition) is 2. The van der Waals surface area contributed by atoms with Gasteiger partial charge in [-0.05, 0) is 60.8 Å². The summed E-state index contributed by atoms with van der Waals surface area (Å²) >= 11 is 0. The number of ether oxygens (including phenoxy) is 2. The van der Waals surface area contributed by atoms with Gasteiger partial charge in [-0.3, -0.25) is 0 Å². The van der Waals surface area contributed by atoms with Gasteiger partial charge in [-0.2, -0.15) is 0 Å². The van der Waals surface area contributed by atoms with Gasteiger partial charge >= 0.3 is 0 Å². The molecule has 0 aliphatic heterocycles. The summed E-state index contributed by atoms with van der Waals surface area (Å²) in [6, 6.07) is 0. The Morgan fingerprint density at radius 2 is 1.37 bits per heavy atom. The Morgan fingerprint density at radius 1 is 0.789 bits per heavy atom. The van der Waals surface area contributed by atoms with Crippen molar-refractivity contribution >= 4 is 0 Å². The van der Waals surface area contributed by atoms with Gasteiger partial charge < -0.3 is 9.47 Å². The molecule has 0 aromatic rings. The van der Waals surface area contributed by atoms with Crippen LogP contribution in [0.2, 0.25) is 0 Å². The van der Waals surface area contributed by atoms with E-state index in [9.17, 15) is 0 Å². The Kier molecular flexibility index (Phi) is 8.93. The van der Waals surface area contributed by atoms with Gasteiger partial charge in [-0.25, -0.2) is 0 Å². The molecule has 116 valence electrons. The first-order valence-electron chi connectivity index (χ1n) is 7.96. The molecule has 19 heavy (non-hydrogen) atoms. The SMILES string of the molecule is CCCCCC(CCCOC(C)(C)C)OC(C)(C)C. The van der Waals surface area contributed by atoms with Crippen molar-refractivity contribution in [2.45, 2.75) is 104 Å². The van der Waals surface area contributed by atoms with Crippen molar-refractivity contribution in [3.63, 3.8) is 0 Å². The van der Waals surface area contributed by atoms with Gasteiger partial charge in [-0.15, -0.1) is 0 Å². The van der Waals surface area contributed by atoms with E-state index >= 15 is 0 Å². The third kappa shape index (κ3) is 14.1. The molecule has 0 amide bonds. The predicted molar refractivity (Wildman–Crippen MR) is 83.7 cm³/mol. The topological polar surface area (TPSA) is 18.5 Å². The molecule has 0 N–H and O–H groups in total. The Hall–Kier alpha value is -0.0800. The van der Waals surface area contributed by atoms with Crippen molar-refractivity contribution in [2.75, 3.05) is 6.61 Å². The van der Waals surface area contributed by atoms with Crippen LogP contribution in [0, 0.1) is 0 Å². The lowest BCUT2D eigenvalue weighted by Crippen LogP contribution is -2.28. The molecule has 2 heteroatoms. The lowest BCUT2D eigenvalue weighted by molar-refractivity contribution is -0.0734. The number of rotatable bonds is 9. The summed E-state index contributed by atoms with van der Waals surface area (Å²) in [4.78, 5) is 0. The summed E-state index contributed by atoms with van der Waals surface area (Å²) in [5.41, 5.74) is -0.0651. The second kappa shape index (κ2) is 8.97. The molecule has 0 spiro atoms. The molecule has 0 radical (unpaired) electrons. The Balaban J connectivity index is 3.97. The molecule has 0 rings (SSSR count). The highest BCUT2D eigenvalue weighted by Crippen LogP contribution is 2.20. The van der Waals surface area contributed by atoms with Crippen LogP contribution in [-0.2, 0) is 9.47 Å². The van der Waals surface area contributed by atoms with Gasteiger partial charge in [0.15, 0.2) is 0 Å². The molecule has 0 aliphatic rings. The van der Waals surface area contributed by atoms with Crippen molar-refractivity contribution in [3.8, 4) is 0 Å². The van der Waals surface area contributed by atoms with E-state index in [1.807, 2.05) is 0 Å². The molecule has 1 atom stereocenters. The second-order valence-electron chi connectivity index (χ2n) is 7.45. The molecular weight excluding hydrogens is 236 g/mol. The van der Waals surface area contributed by atoms with Crippen molar-refractivity contribution in [1.82, 2.24) is 0 Å².